The van der Waals surface area contributed by atoms with E-state index in [2.05, 4.69) is 0 Å². The highest BCUT2D eigenvalue weighted by atomic mass is 19.4. The first-order valence-corrected chi connectivity index (χ1v) is 4.74. The summed E-state index contributed by atoms with van der Waals surface area (Å²) in [6.07, 6.45) is -4.12. The predicted molar refractivity (Wildman–Crippen MR) is 49.5 cm³/mol. The average Bonchev–Trinajstić information content (AvgIpc) is 2.17. The maximum absolute atomic E-state index is 12.2. The molecule has 1 rings (SSSR count). The van der Waals surface area contributed by atoms with Crippen molar-refractivity contribution in [3.63, 3.8) is 0 Å². The lowest BCUT2D eigenvalue weighted by Crippen LogP contribution is -2.29. The second-order valence-electron chi connectivity index (χ2n) is 3.40. The van der Waals surface area contributed by atoms with Crippen molar-refractivity contribution >= 4 is 5.97 Å². The summed E-state index contributed by atoms with van der Waals surface area (Å²) in [5.41, 5.74) is -0.458. The van der Waals surface area contributed by atoms with Crippen LogP contribution in [0.3, 0.4) is 0 Å². The molecule has 5 heteroatoms. The molecule has 0 aromatic heterocycles. The van der Waals surface area contributed by atoms with Gasteiger partial charge in [-0.25, -0.2) is 0 Å². The van der Waals surface area contributed by atoms with Gasteiger partial charge in [-0.1, -0.05) is 19.1 Å². The van der Waals surface area contributed by atoms with Crippen molar-refractivity contribution in [2.24, 2.45) is 0 Å². The minimum absolute atomic E-state index is 0.285. The second-order valence-corrected chi connectivity index (χ2v) is 3.40. The molecule has 2 nitrogen and oxygen atoms in total. The molecule has 0 saturated heterocycles. The molecule has 0 N–H and O–H groups in total. The number of carboxylic acids is 1. The first kappa shape index (κ1) is 12.5. The maximum Gasteiger partial charge on any atom is 0.416 e. The van der Waals surface area contributed by atoms with E-state index in [0.29, 0.717) is 5.56 Å². The smallest absolute Gasteiger partial charge is 0.416 e. The number of benzene rings is 1. The summed E-state index contributed by atoms with van der Waals surface area (Å²) in [6, 6.07) is 4.10. The minimum atomic E-state index is -4.40. The fourth-order valence-corrected chi connectivity index (χ4v) is 1.44. The molecule has 0 aliphatic rings. The van der Waals surface area contributed by atoms with Crippen molar-refractivity contribution in [1.82, 2.24) is 0 Å². The topological polar surface area (TPSA) is 40.1 Å². The summed E-state index contributed by atoms with van der Waals surface area (Å²) < 4.78 is 36.7. The van der Waals surface area contributed by atoms with Crippen LogP contribution in [0.4, 0.5) is 13.2 Å². The zero-order valence-corrected chi connectivity index (χ0v) is 8.54. The Kier molecular flexibility index (Phi) is 3.57. The predicted octanol–water partition coefficient (Wildman–Crippen LogP) is 1.95. The number of rotatable bonds is 3. The van der Waals surface area contributed by atoms with E-state index in [4.69, 9.17) is 0 Å². The second kappa shape index (κ2) is 4.55. The van der Waals surface area contributed by atoms with Crippen LogP contribution in [0.5, 0.6) is 0 Å². The fourth-order valence-electron chi connectivity index (χ4n) is 1.44. The summed E-state index contributed by atoms with van der Waals surface area (Å²) in [5, 5.41) is 10.7. The Labute approximate surface area is 90.7 Å². The van der Waals surface area contributed by atoms with Crippen molar-refractivity contribution in [2.75, 3.05) is 0 Å². The third-order valence-corrected chi connectivity index (χ3v) is 2.33. The van der Waals surface area contributed by atoms with Gasteiger partial charge in [-0.3, -0.25) is 0 Å². The number of carboxylic acid groups (broad SMARTS) is 1. The molecule has 0 bridgehead atoms. The molecule has 88 valence electrons. The Morgan fingerprint density at radius 1 is 1.31 bits per heavy atom. The van der Waals surface area contributed by atoms with Gasteiger partial charge in [0.1, 0.15) is 0 Å². The van der Waals surface area contributed by atoms with Crippen LogP contribution in [-0.4, -0.2) is 5.97 Å². The Bertz CT molecular complexity index is 368. The molecule has 1 aromatic rings. The number of halogens is 3. The molecular weight excluding hydrogens is 221 g/mol. The first-order chi connectivity index (χ1) is 7.36. The maximum atomic E-state index is 12.2. The van der Waals surface area contributed by atoms with Gasteiger partial charge in [-0.2, -0.15) is 13.2 Å². The van der Waals surface area contributed by atoms with Crippen LogP contribution >= 0.6 is 0 Å². The van der Waals surface area contributed by atoms with Crippen LogP contribution in [0.2, 0.25) is 0 Å². The van der Waals surface area contributed by atoms with Crippen molar-refractivity contribution in [3.8, 4) is 0 Å². The van der Waals surface area contributed by atoms with Gasteiger partial charge in [-0.15, -0.1) is 0 Å². The van der Waals surface area contributed by atoms with Gasteiger partial charge < -0.3 is 9.90 Å². The Morgan fingerprint density at radius 3 is 2.12 bits per heavy atom. The standard InChI is InChI=1S/C11H11F3O2/c1-2-9(10(15)16)7-3-5-8(6-4-7)11(12,13)14/h3-6,9H,2H2,1H3,(H,15,16)/p-1. The highest BCUT2D eigenvalue weighted by Crippen LogP contribution is 2.30. The van der Waals surface area contributed by atoms with Gasteiger partial charge in [-0.05, 0) is 24.1 Å². The average molecular weight is 231 g/mol. The van der Waals surface area contributed by atoms with Crippen LogP contribution in [0.1, 0.15) is 30.4 Å². The van der Waals surface area contributed by atoms with Crippen LogP contribution in [0.25, 0.3) is 0 Å². The summed E-state index contributed by atoms with van der Waals surface area (Å²) in [5.74, 6) is -2.13. The minimum Gasteiger partial charge on any atom is -0.549 e. The van der Waals surface area contributed by atoms with Gasteiger partial charge >= 0.3 is 6.18 Å². The normalized spacial score (nSPS) is 13.5. The van der Waals surface area contributed by atoms with Gasteiger partial charge in [0.05, 0.1) is 5.56 Å². The molecule has 16 heavy (non-hydrogen) atoms. The SMILES string of the molecule is CCC(C(=O)[O-])c1ccc(C(F)(F)F)cc1. The van der Waals surface area contributed by atoms with E-state index in [1.54, 1.807) is 6.92 Å². The quantitative estimate of drug-likeness (QED) is 0.797. The summed E-state index contributed by atoms with van der Waals surface area (Å²) in [4.78, 5) is 10.7. The lowest BCUT2D eigenvalue weighted by Gasteiger charge is -2.17. The molecule has 0 spiro atoms. The molecule has 0 aliphatic carbocycles. The lowest BCUT2D eigenvalue weighted by molar-refractivity contribution is -0.308. The molecule has 0 radical (unpaired) electrons. The molecule has 0 fully saturated rings. The highest BCUT2D eigenvalue weighted by molar-refractivity contribution is 5.73. The molecule has 0 heterocycles. The Balaban J connectivity index is 2.98. The summed E-state index contributed by atoms with van der Waals surface area (Å²) >= 11 is 0. The van der Waals surface area contributed by atoms with Crippen LogP contribution in [-0.2, 0) is 11.0 Å². The third-order valence-electron chi connectivity index (χ3n) is 2.33. The van der Waals surface area contributed by atoms with Gasteiger partial charge in [0.2, 0.25) is 0 Å². The summed E-state index contributed by atoms with van der Waals surface area (Å²) in [7, 11) is 0. The van der Waals surface area contributed by atoms with Crippen molar-refractivity contribution < 1.29 is 23.1 Å². The van der Waals surface area contributed by atoms with Crippen LogP contribution in [0, 0.1) is 0 Å². The molecule has 1 aromatic carbocycles. The van der Waals surface area contributed by atoms with E-state index in [9.17, 15) is 23.1 Å². The van der Waals surface area contributed by atoms with E-state index >= 15 is 0 Å². The number of hydrogen-bond donors (Lipinski definition) is 0. The van der Waals surface area contributed by atoms with Crippen molar-refractivity contribution in [2.45, 2.75) is 25.4 Å². The monoisotopic (exact) mass is 231 g/mol. The van der Waals surface area contributed by atoms with E-state index in [0.717, 1.165) is 12.1 Å². The Hall–Kier alpha value is -1.52. The lowest BCUT2D eigenvalue weighted by atomic mass is 9.96. The zero-order valence-electron chi connectivity index (χ0n) is 8.54. The van der Waals surface area contributed by atoms with Crippen molar-refractivity contribution in [1.29, 1.82) is 0 Å². The first-order valence-electron chi connectivity index (χ1n) is 4.74. The van der Waals surface area contributed by atoms with E-state index < -0.39 is 23.6 Å². The van der Waals surface area contributed by atoms with E-state index in [1.807, 2.05) is 0 Å². The number of carbonyl (C=O) groups excluding carboxylic acids is 1. The van der Waals surface area contributed by atoms with Gasteiger partial charge in [0.25, 0.3) is 0 Å². The number of alkyl halides is 3. The fraction of sp³-hybridized carbons (Fsp3) is 0.364. The zero-order chi connectivity index (χ0) is 12.3. The number of aliphatic carboxylic acids is 1. The molecule has 0 aliphatic heterocycles. The van der Waals surface area contributed by atoms with Crippen LogP contribution in [0.15, 0.2) is 24.3 Å². The largest absolute Gasteiger partial charge is 0.549 e. The number of hydrogen-bond acceptors (Lipinski definition) is 2. The third kappa shape index (κ3) is 2.74. The Morgan fingerprint density at radius 2 is 1.81 bits per heavy atom. The highest BCUT2D eigenvalue weighted by Gasteiger charge is 2.30. The molecule has 0 saturated carbocycles. The van der Waals surface area contributed by atoms with Gasteiger partial charge in [0, 0.05) is 11.9 Å². The molecule has 0 amide bonds. The van der Waals surface area contributed by atoms with Crippen LogP contribution < -0.4 is 5.11 Å². The van der Waals surface area contributed by atoms with Gasteiger partial charge in [0.15, 0.2) is 0 Å². The van der Waals surface area contributed by atoms with E-state index in [-0.39, 0.29) is 6.42 Å². The molecule has 1 unspecified atom stereocenters. The summed E-state index contributed by atoms with van der Waals surface area (Å²) in [6.45, 7) is 1.64. The number of carbonyl (C=O) groups is 1. The van der Waals surface area contributed by atoms with E-state index in [1.165, 1.54) is 12.1 Å². The van der Waals surface area contributed by atoms with Crippen molar-refractivity contribution in [3.05, 3.63) is 35.4 Å². The molecular formula is C11H10F3O2-. The molecule has 1 atom stereocenters.